The van der Waals surface area contributed by atoms with Gasteiger partial charge in [0, 0.05) is 6.20 Å². The largest absolute Gasteiger partial charge is 0.496 e. The number of methoxy groups -OCH3 is 1. The molecule has 0 saturated heterocycles. The van der Waals surface area contributed by atoms with Crippen molar-refractivity contribution in [3.63, 3.8) is 0 Å². The highest BCUT2D eigenvalue weighted by Gasteiger charge is 2.04. The second-order valence-electron chi connectivity index (χ2n) is 2.66. The number of hydrogen-bond acceptors (Lipinski definition) is 2. The first-order valence-corrected chi connectivity index (χ1v) is 4.28. The number of hydrogen-bond donors (Lipinski definition) is 0. The Bertz CT molecular complexity index is 437. The van der Waals surface area contributed by atoms with Crippen LogP contribution in [0.4, 0.5) is 0 Å². The van der Waals surface area contributed by atoms with Gasteiger partial charge in [0.15, 0.2) is 0 Å². The lowest BCUT2D eigenvalue weighted by atomic mass is 10.1. The van der Waals surface area contributed by atoms with Crippen LogP contribution in [0.2, 0.25) is 5.15 Å². The number of benzene rings is 1. The van der Waals surface area contributed by atoms with Crippen LogP contribution in [0.3, 0.4) is 0 Å². The van der Waals surface area contributed by atoms with E-state index < -0.39 is 0 Å². The predicted octanol–water partition coefficient (Wildman–Crippen LogP) is 2.90. The van der Waals surface area contributed by atoms with Gasteiger partial charge in [-0.25, -0.2) is 4.98 Å². The number of fused-ring (bicyclic) bond motifs is 1. The molecule has 0 radical (unpaired) electrons. The van der Waals surface area contributed by atoms with Gasteiger partial charge in [0.1, 0.15) is 10.9 Å². The molecule has 0 aliphatic carbocycles. The Morgan fingerprint density at radius 2 is 2.15 bits per heavy atom. The van der Waals surface area contributed by atoms with Crippen molar-refractivity contribution >= 4 is 22.4 Å². The summed E-state index contributed by atoms with van der Waals surface area (Å²) in [5.41, 5.74) is 0. The minimum absolute atomic E-state index is 0.481. The second kappa shape index (κ2) is 3.23. The maximum absolute atomic E-state index is 5.95. The Balaban J connectivity index is 2.87. The maximum atomic E-state index is 5.95. The molecule has 0 atom stereocenters. The predicted molar refractivity (Wildman–Crippen MR) is 53.3 cm³/mol. The summed E-state index contributed by atoms with van der Waals surface area (Å²) < 4.78 is 5.18. The van der Waals surface area contributed by atoms with Crippen molar-refractivity contribution < 1.29 is 4.74 Å². The second-order valence-corrected chi connectivity index (χ2v) is 3.02. The zero-order valence-electron chi connectivity index (χ0n) is 7.12. The lowest BCUT2D eigenvalue weighted by Gasteiger charge is -2.05. The van der Waals surface area contributed by atoms with E-state index in [4.69, 9.17) is 16.3 Å². The SMILES string of the molecule is COc1cccc2ccnc(Cl)c12. The Hall–Kier alpha value is -1.28. The molecule has 13 heavy (non-hydrogen) atoms. The number of pyridine rings is 1. The highest BCUT2D eigenvalue weighted by atomic mass is 35.5. The molecule has 1 aromatic heterocycles. The minimum Gasteiger partial charge on any atom is -0.496 e. The molecule has 0 unspecified atom stereocenters. The quantitative estimate of drug-likeness (QED) is 0.650. The summed E-state index contributed by atoms with van der Waals surface area (Å²) >= 11 is 5.95. The summed E-state index contributed by atoms with van der Waals surface area (Å²) in [5.74, 6) is 0.760. The van der Waals surface area contributed by atoms with Crippen LogP contribution in [-0.2, 0) is 0 Å². The van der Waals surface area contributed by atoms with E-state index in [1.807, 2.05) is 24.3 Å². The Labute approximate surface area is 81.1 Å². The lowest BCUT2D eigenvalue weighted by molar-refractivity contribution is 0.420. The van der Waals surface area contributed by atoms with Crippen molar-refractivity contribution in [2.75, 3.05) is 7.11 Å². The van der Waals surface area contributed by atoms with Gasteiger partial charge < -0.3 is 4.74 Å². The molecular weight excluding hydrogens is 186 g/mol. The molecule has 2 aromatic rings. The lowest BCUT2D eigenvalue weighted by Crippen LogP contribution is -1.86. The molecule has 0 aliphatic rings. The Kier molecular flexibility index (Phi) is 2.07. The highest BCUT2D eigenvalue weighted by molar-refractivity contribution is 6.34. The van der Waals surface area contributed by atoms with E-state index >= 15 is 0 Å². The summed E-state index contributed by atoms with van der Waals surface area (Å²) in [6.45, 7) is 0. The number of ether oxygens (including phenoxy) is 1. The number of rotatable bonds is 1. The molecule has 0 fully saturated rings. The standard InChI is InChI=1S/C10H8ClNO/c1-13-8-4-2-3-7-5-6-12-10(11)9(7)8/h2-6H,1H3. The number of aromatic nitrogens is 1. The molecule has 0 aliphatic heterocycles. The molecule has 0 saturated carbocycles. The van der Waals surface area contributed by atoms with Crippen molar-refractivity contribution in [2.45, 2.75) is 0 Å². The fourth-order valence-corrected chi connectivity index (χ4v) is 1.58. The Morgan fingerprint density at radius 3 is 2.92 bits per heavy atom. The third-order valence-corrected chi connectivity index (χ3v) is 2.21. The van der Waals surface area contributed by atoms with Gasteiger partial charge in [-0.2, -0.15) is 0 Å². The zero-order valence-corrected chi connectivity index (χ0v) is 7.88. The molecule has 0 bridgehead atoms. The minimum atomic E-state index is 0.481. The van der Waals surface area contributed by atoms with Crippen LogP contribution in [0, 0.1) is 0 Å². The van der Waals surface area contributed by atoms with E-state index in [1.165, 1.54) is 0 Å². The normalized spacial score (nSPS) is 10.3. The summed E-state index contributed by atoms with van der Waals surface area (Å²) in [4.78, 5) is 4.00. The van der Waals surface area contributed by atoms with Gasteiger partial charge in [-0.15, -0.1) is 0 Å². The molecule has 3 heteroatoms. The molecule has 0 amide bonds. The molecule has 66 valence electrons. The van der Waals surface area contributed by atoms with E-state index in [0.717, 1.165) is 16.5 Å². The average Bonchev–Trinajstić information content (AvgIpc) is 2.17. The first-order chi connectivity index (χ1) is 6.33. The maximum Gasteiger partial charge on any atom is 0.140 e. The third kappa shape index (κ3) is 1.33. The fraction of sp³-hybridized carbons (Fsp3) is 0.100. The van der Waals surface area contributed by atoms with E-state index in [-0.39, 0.29) is 0 Å². The smallest absolute Gasteiger partial charge is 0.140 e. The van der Waals surface area contributed by atoms with Crippen LogP contribution in [0.1, 0.15) is 0 Å². The van der Waals surface area contributed by atoms with Gasteiger partial charge >= 0.3 is 0 Å². The molecule has 1 heterocycles. The fourth-order valence-electron chi connectivity index (χ4n) is 1.33. The molecule has 0 spiro atoms. The van der Waals surface area contributed by atoms with Crippen LogP contribution in [-0.4, -0.2) is 12.1 Å². The van der Waals surface area contributed by atoms with E-state index in [0.29, 0.717) is 5.15 Å². The van der Waals surface area contributed by atoms with Gasteiger partial charge in [-0.3, -0.25) is 0 Å². The van der Waals surface area contributed by atoms with Crippen LogP contribution in [0.5, 0.6) is 5.75 Å². The van der Waals surface area contributed by atoms with E-state index in [2.05, 4.69) is 4.98 Å². The summed E-state index contributed by atoms with van der Waals surface area (Å²) in [6, 6.07) is 7.68. The average molecular weight is 194 g/mol. The highest BCUT2D eigenvalue weighted by Crippen LogP contribution is 2.29. The monoisotopic (exact) mass is 193 g/mol. The molecule has 2 nitrogen and oxygen atoms in total. The summed E-state index contributed by atoms with van der Waals surface area (Å²) in [6.07, 6.45) is 1.68. The molecule has 1 aromatic carbocycles. The van der Waals surface area contributed by atoms with Crippen LogP contribution in [0.25, 0.3) is 10.8 Å². The molecule has 0 N–H and O–H groups in total. The summed E-state index contributed by atoms with van der Waals surface area (Å²) in [7, 11) is 1.62. The Morgan fingerprint density at radius 1 is 1.31 bits per heavy atom. The van der Waals surface area contributed by atoms with Gasteiger partial charge in [0.05, 0.1) is 12.5 Å². The summed E-state index contributed by atoms with van der Waals surface area (Å²) in [5, 5.41) is 2.39. The first-order valence-electron chi connectivity index (χ1n) is 3.90. The van der Waals surface area contributed by atoms with Gasteiger partial charge in [0.25, 0.3) is 0 Å². The molecular formula is C10H8ClNO. The van der Waals surface area contributed by atoms with Crippen molar-refractivity contribution in [3.8, 4) is 5.75 Å². The van der Waals surface area contributed by atoms with Gasteiger partial charge in [-0.1, -0.05) is 23.7 Å². The van der Waals surface area contributed by atoms with Gasteiger partial charge in [-0.05, 0) is 17.5 Å². The van der Waals surface area contributed by atoms with Crippen LogP contribution >= 0.6 is 11.6 Å². The third-order valence-electron chi connectivity index (χ3n) is 1.93. The topological polar surface area (TPSA) is 22.1 Å². The first kappa shape index (κ1) is 8.32. The van der Waals surface area contributed by atoms with Gasteiger partial charge in [0.2, 0.25) is 0 Å². The number of nitrogens with zero attached hydrogens (tertiary/aromatic N) is 1. The van der Waals surface area contributed by atoms with E-state index in [1.54, 1.807) is 13.3 Å². The van der Waals surface area contributed by atoms with E-state index in [9.17, 15) is 0 Å². The van der Waals surface area contributed by atoms with Crippen molar-refractivity contribution in [2.24, 2.45) is 0 Å². The van der Waals surface area contributed by atoms with Crippen molar-refractivity contribution in [3.05, 3.63) is 35.6 Å². The van der Waals surface area contributed by atoms with Crippen molar-refractivity contribution in [1.29, 1.82) is 0 Å². The van der Waals surface area contributed by atoms with Crippen LogP contribution in [0.15, 0.2) is 30.5 Å². The van der Waals surface area contributed by atoms with Crippen molar-refractivity contribution in [1.82, 2.24) is 4.98 Å². The number of halogens is 1. The zero-order chi connectivity index (χ0) is 9.26. The van der Waals surface area contributed by atoms with Crippen LogP contribution < -0.4 is 4.74 Å². The molecule has 2 rings (SSSR count).